The van der Waals surface area contributed by atoms with E-state index in [0.717, 1.165) is 29.7 Å². The SMILES string of the molecule is CC(=O)CCc1cc2c(cc1[NH+]([O-])O)CC[C@H](C)N2. The number of rotatable bonds is 4. The van der Waals surface area contributed by atoms with Crippen molar-refractivity contribution in [3.8, 4) is 0 Å². The molecule has 5 nitrogen and oxygen atoms in total. The highest BCUT2D eigenvalue weighted by atomic mass is 16.8. The van der Waals surface area contributed by atoms with Gasteiger partial charge in [0.2, 0.25) is 0 Å². The first-order valence-corrected chi connectivity index (χ1v) is 6.62. The van der Waals surface area contributed by atoms with Crippen molar-refractivity contribution in [3.63, 3.8) is 0 Å². The average Bonchev–Trinajstić information content (AvgIpc) is 2.34. The molecule has 1 aromatic rings. The van der Waals surface area contributed by atoms with Crippen molar-refractivity contribution in [1.82, 2.24) is 0 Å². The van der Waals surface area contributed by atoms with Crippen molar-refractivity contribution in [2.75, 3.05) is 5.32 Å². The topological polar surface area (TPSA) is 76.8 Å². The van der Waals surface area contributed by atoms with Crippen LogP contribution in [0.15, 0.2) is 12.1 Å². The van der Waals surface area contributed by atoms with Gasteiger partial charge in [-0.1, -0.05) is 0 Å². The zero-order chi connectivity index (χ0) is 14.0. The summed E-state index contributed by atoms with van der Waals surface area (Å²) in [5.41, 5.74) is 3.14. The van der Waals surface area contributed by atoms with Crippen LogP contribution in [0.2, 0.25) is 0 Å². The Morgan fingerprint density at radius 1 is 1.58 bits per heavy atom. The van der Waals surface area contributed by atoms with E-state index in [-0.39, 0.29) is 5.78 Å². The number of nitrogens with one attached hydrogen (secondary N) is 2. The number of fused-ring (bicyclic) bond motifs is 1. The second-order valence-electron chi connectivity index (χ2n) is 5.26. The Balaban J connectivity index is 2.33. The summed E-state index contributed by atoms with van der Waals surface area (Å²) in [7, 11) is 0. The van der Waals surface area contributed by atoms with E-state index in [0.29, 0.717) is 24.6 Å². The highest BCUT2D eigenvalue weighted by Gasteiger charge is 2.19. The molecule has 0 saturated carbocycles. The minimum Gasteiger partial charge on any atom is -0.595 e. The molecule has 104 valence electrons. The average molecular weight is 264 g/mol. The number of carbonyl (C=O) groups is 1. The minimum atomic E-state index is -0.917. The molecule has 1 aliphatic rings. The van der Waals surface area contributed by atoms with Crippen LogP contribution in [0.5, 0.6) is 0 Å². The zero-order valence-corrected chi connectivity index (χ0v) is 11.3. The first-order valence-electron chi connectivity index (χ1n) is 6.62. The number of ketones is 1. The zero-order valence-electron chi connectivity index (χ0n) is 11.3. The number of Topliss-reactive ketones (excluding diaryl/α,β-unsaturated/α-hetero) is 1. The highest BCUT2D eigenvalue weighted by Crippen LogP contribution is 2.30. The molecule has 5 heteroatoms. The molecule has 0 saturated heterocycles. The van der Waals surface area contributed by atoms with Crippen molar-refractivity contribution in [2.24, 2.45) is 0 Å². The van der Waals surface area contributed by atoms with Crippen molar-refractivity contribution < 1.29 is 15.2 Å². The number of hydrogen-bond donors (Lipinski definition) is 3. The van der Waals surface area contributed by atoms with Crippen molar-refractivity contribution in [3.05, 3.63) is 28.5 Å². The molecule has 3 N–H and O–H groups in total. The van der Waals surface area contributed by atoms with Gasteiger partial charge < -0.3 is 15.3 Å². The van der Waals surface area contributed by atoms with Gasteiger partial charge in [-0.2, -0.15) is 5.23 Å². The molecular weight excluding hydrogens is 244 g/mol. The predicted molar refractivity (Wildman–Crippen MR) is 72.6 cm³/mol. The summed E-state index contributed by atoms with van der Waals surface area (Å²) in [6.07, 6.45) is 2.78. The molecule has 0 aliphatic carbocycles. The summed E-state index contributed by atoms with van der Waals surface area (Å²) in [6.45, 7) is 3.64. The fourth-order valence-electron chi connectivity index (χ4n) is 2.46. The molecule has 0 fully saturated rings. The maximum atomic E-state index is 11.3. The largest absolute Gasteiger partial charge is 0.595 e. The number of benzene rings is 1. The van der Waals surface area contributed by atoms with Crippen LogP contribution in [-0.2, 0) is 17.6 Å². The lowest BCUT2D eigenvalue weighted by Crippen LogP contribution is -2.99. The van der Waals surface area contributed by atoms with E-state index < -0.39 is 5.23 Å². The molecule has 0 aromatic heterocycles. The number of aryl methyl sites for hydroxylation is 2. The van der Waals surface area contributed by atoms with Gasteiger partial charge >= 0.3 is 0 Å². The second kappa shape index (κ2) is 5.69. The van der Waals surface area contributed by atoms with Crippen molar-refractivity contribution in [2.45, 2.75) is 45.6 Å². The quantitative estimate of drug-likeness (QED) is 0.718. The monoisotopic (exact) mass is 264 g/mol. The van der Waals surface area contributed by atoms with Crippen molar-refractivity contribution >= 4 is 17.2 Å². The van der Waals surface area contributed by atoms with Crippen LogP contribution in [0.3, 0.4) is 0 Å². The standard InChI is InChI=1S/C14H20N2O3/c1-9-3-5-11-8-14(16(18)19)12(6-4-10(2)17)7-13(11)15-9/h7-9,15-16,18H,3-6H2,1-2H3/t9-/m0/s1. The third-order valence-corrected chi connectivity index (χ3v) is 3.55. The van der Waals surface area contributed by atoms with Crippen LogP contribution in [-0.4, -0.2) is 17.0 Å². The number of hydrogen-bond acceptors (Lipinski definition) is 4. The van der Waals surface area contributed by atoms with E-state index in [1.54, 1.807) is 6.07 Å². The molecule has 1 heterocycles. The molecule has 2 rings (SSSR count). The Morgan fingerprint density at radius 3 is 2.95 bits per heavy atom. The summed E-state index contributed by atoms with van der Waals surface area (Å²) in [5, 5.41) is 23.0. The number of quaternary nitrogens is 1. The normalized spacial score (nSPS) is 19.5. The van der Waals surface area contributed by atoms with Crippen LogP contribution >= 0.6 is 0 Å². The van der Waals surface area contributed by atoms with Gasteiger partial charge in [-0.15, -0.1) is 0 Å². The van der Waals surface area contributed by atoms with E-state index in [1.165, 1.54) is 6.92 Å². The maximum absolute atomic E-state index is 11.3. The van der Waals surface area contributed by atoms with Gasteiger partial charge in [0.25, 0.3) is 0 Å². The van der Waals surface area contributed by atoms with E-state index in [4.69, 9.17) is 0 Å². The molecule has 1 aromatic carbocycles. The molecule has 1 aliphatic heterocycles. The summed E-state index contributed by atoms with van der Waals surface area (Å²) >= 11 is 0. The molecule has 0 bridgehead atoms. The minimum absolute atomic E-state index is 0.0791. The van der Waals surface area contributed by atoms with Crippen LogP contribution in [0.1, 0.15) is 37.8 Å². The third-order valence-electron chi connectivity index (χ3n) is 3.55. The van der Waals surface area contributed by atoms with Crippen molar-refractivity contribution in [1.29, 1.82) is 0 Å². The Bertz CT molecular complexity index is 486. The predicted octanol–water partition coefficient (Wildman–Crippen LogP) is 1.36. The fraction of sp³-hybridized carbons (Fsp3) is 0.500. The number of anilines is 1. The fourth-order valence-corrected chi connectivity index (χ4v) is 2.46. The van der Waals surface area contributed by atoms with E-state index in [1.807, 2.05) is 6.07 Å². The van der Waals surface area contributed by atoms with Gasteiger partial charge in [0.05, 0.1) is 0 Å². The lowest BCUT2D eigenvalue weighted by Gasteiger charge is -2.26. The molecule has 0 spiro atoms. The van der Waals surface area contributed by atoms with Gasteiger partial charge in [-0.25, -0.2) is 5.21 Å². The van der Waals surface area contributed by atoms with E-state index in [9.17, 15) is 15.2 Å². The number of carbonyl (C=O) groups excluding carboxylic acids is 1. The molecular formula is C14H20N2O3. The molecule has 2 atom stereocenters. The lowest BCUT2D eigenvalue weighted by atomic mass is 9.94. The van der Waals surface area contributed by atoms with Gasteiger partial charge in [0, 0.05) is 29.8 Å². The Morgan fingerprint density at radius 2 is 2.32 bits per heavy atom. The van der Waals surface area contributed by atoms with Gasteiger partial charge in [-0.3, -0.25) is 0 Å². The maximum Gasteiger partial charge on any atom is 0.167 e. The van der Waals surface area contributed by atoms with Crippen LogP contribution in [0, 0.1) is 5.21 Å². The van der Waals surface area contributed by atoms with Gasteiger partial charge in [-0.05, 0) is 44.7 Å². The van der Waals surface area contributed by atoms with Crippen LogP contribution < -0.4 is 10.5 Å². The third kappa shape index (κ3) is 3.32. The summed E-state index contributed by atoms with van der Waals surface area (Å²) in [5.74, 6) is 0.0791. The van der Waals surface area contributed by atoms with Gasteiger partial charge in [0.1, 0.15) is 5.78 Å². The lowest BCUT2D eigenvalue weighted by molar-refractivity contribution is -0.991. The Kier molecular flexibility index (Phi) is 4.19. The first kappa shape index (κ1) is 14.0. The Hall–Kier alpha value is -1.43. The summed E-state index contributed by atoms with van der Waals surface area (Å²) in [6, 6.07) is 4.06. The van der Waals surface area contributed by atoms with E-state index >= 15 is 0 Å². The van der Waals surface area contributed by atoms with Crippen LogP contribution in [0.4, 0.5) is 11.4 Å². The second-order valence-corrected chi connectivity index (χ2v) is 5.26. The first-order chi connectivity index (χ1) is 8.97. The van der Waals surface area contributed by atoms with E-state index in [2.05, 4.69) is 12.2 Å². The summed E-state index contributed by atoms with van der Waals surface area (Å²) < 4.78 is 0. The molecule has 0 radical (unpaired) electrons. The van der Waals surface area contributed by atoms with Gasteiger partial charge in [0.15, 0.2) is 5.69 Å². The smallest absolute Gasteiger partial charge is 0.167 e. The van der Waals surface area contributed by atoms with Crippen LogP contribution in [0.25, 0.3) is 0 Å². The highest BCUT2D eigenvalue weighted by molar-refractivity contribution is 5.76. The summed E-state index contributed by atoms with van der Waals surface area (Å²) in [4.78, 5) is 11.1. The molecule has 0 amide bonds. The Labute approximate surface area is 112 Å². The molecule has 1 unspecified atom stereocenters. The molecule has 19 heavy (non-hydrogen) atoms.